The number of Topliss-reactive ketones (excluding diaryl/α,β-unsaturated/α-hetero) is 2. The van der Waals surface area contributed by atoms with Crippen LogP contribution in [0.25, 0.3) is 0 Å². The lowest BCUT2D eigenvalue weighted by Gasteiger charge is -1.93. The summed E-state index contributed by atoms with van der Waals surface area (Å²) in [5.41, 5.74) is 1.74. The quantitative estimate of drug-likeness (QED) is 0.678. The number of aromatic amines is 1. The predicted molar refractivity (Wildman–Crippen MR) is 45.5 cm³/mol. The molecule has 1 N–H and O–H groups in total. The fraction of sp³-hybridized carbons (Fsp3) is 0.333. The zero-order chi connectivity index (χ0) is 9.30. The van der Waals surface area contributed by atoms with Gasteiger partial charge in [-0.25, -0.2) is 0 Å². The van der Waals surface area contributed by atoms with Crippen LogP contribution in [0.15, 0.2) is 6.07 Å². The summed E-state index contributed by atoms with van der Waals surface area (Å²) in [6, 6.07) is 1.69. The molecule has 3 nitrogen and oxygen atoms in total. The van der Waals surface area contributed by atoms with Crippen LogP contribution < -0.4 is 0 Å². The van der Waals surface area contributed by atoms with Crippen LogP contribution in [0.3, 0.4) is 0 Å². The molecule has 64 valence electrons. The molecule has 1 heterocycles. The highest BCUT2D eigenvalue weighted by Gasteiger charge is 2.13. The van der Waals surface area contributed by atoms with E-state index in [2.05, 4.69) is 4.98 Å². The molecule has 0 unspecified atom stereocenters. The number of ketones is 2. The Labute approximate surface area is 70.8 Å². The van der Waals surface area contributed by atoms with Crippen molar-refractivity contribution in [3.8, 4) is 0 Å². The van der Waals surface area contributed by atoms with E-state index in [0.717, 1.165) is 5.69 Å². The van der Waals surface area contributed by atoms with Gasteiger partial charge >= 0.3 is 0 Å². The highest BCUT2D eigenvalue weighted by molar-refractivity contribution is 6.06. The molecule has 1 aromatic heterocycles. The molecule has 0 aliphatic carbocycles. The van der Waals surface area contributed by atoms with Gasteiger partial charge in [0.1, 0.15) is 0 Å². The first-order chi connectivity index (χ1) is 5.52. The fourth-order valence-corrected chi connectivity index (χ4v) is 1.14. The summed E-state index contributed by atoms with van der Waals surface area (Å²) in [6.45, 7) is 4.71. The lowest BCUT2D eigenvalue weighted by Crippen LogP contribution is -2.01. The van der Waals surface area contributed by atoms with Gasteiger partial charge in [0.25, 0.3) is 0 Å². The van der Waals surface area contributed by atoms with E-state index in [1.54, 1.807) is 6.07 Å². The van der Waals surface area contributed by atoms with Crippen LogP contribution in [-0.4, -0.2) is 16.6 Å². The van der Waals surface area contributed by atoms with E-state index in [4.69, 9.17) is 0 Å². The van der Waals surface area contributed by atoms with E-state index in [1.807, 2.05) is 6.92 Å². The van der Waals surface area contributed by atoms with Gasteiger partial charge in [-0.3, -0.25) is 9.59 Å². The maximum absolute atomic E-state index is 11.0. The van der Waals surface area contributed by atoms with Crippen LogP contribution in [0.2, 0.25) is 0 Å². The second-order valence-electron chi connectivity index (χ2n) is 2.85. The smallest absolute Gasteiger partial charge is 0.176 e. The van der Waals surface area contributed by atoms with Crippen LogP contribution >= 0.6 is 0 Å². The third-order valence-electron chi connectivity index (χ3n) is 1.68. The normalized spacial score (nSPS) is 9.92. The highest BCUT2D eigenvalue weighted by atomic mass is 16.1. The molecule has 1 rings (SSSR count). The Morgan fingerprint density at radius 2 is 1.83 bits per heavy atom. The van der Waals surface area contributed by atoms with Gasteiger partial charge in [-0.15, -0.1) is 0 Å². The fourth-order valence-electron chi connectivity index (χ4n) is 1.14. The molecule has 0 bridgehead atoms. The summed E-state index contributed by atoms with van der Waals surface area (Å²) in [5, 5.41) is 0. The lowest BCUT2D eigenvalue weighted by molar-refractivity contribution is 0.0978. The lowest BCUT2D eigenvalue weighted by atomic mass is 10.1. The number of hydrogen-bond acceptors (Lipinski definition) is 2. The molecule has 0 amide bonds. The van der Waals surface area contributed by atoms with Crippen LogP contribution in [0.5, 0.6) is 0 Å². The Morgan fingerprint density at radius 1 is 1.25 bits per heavy atom. The van der Waals surface area contributed by atoms with E-state index >= 15 is 0 Å². The van der Waals surface area contributed by atoms with Crippen molar-refractivity contribution in [1.82, 2.24) is 4.98 Å². The zero-order valence-electron chi connectivity index (χ0n) is 7.39. The molecule has 0 aromatic carbocycles. The van der Waals surface area contributed by atoms with Crippen LogP contribution in [-0.2, 0) is 0 Å². The number of hydrogen-bond donors (Lipinski definition) is 1. The highest BCUT2D eigenvalue weighted by Crippen LogP contribution is 2.11. The van der Waals surface area contributed by atoms with Crippen LogP contribution in [0.4, 0.5) is 0 Å². The van der Waals surface area contributed by atoms with E-state index in [-0.39, 0.29) is 11.6 Å². The summed E-state index contributed by atoms with van der Waals surface area (Å²) >= 11 is 0. The second kappa shape index (κ2) is 2.93. The number of rotatable bonds is 2. The van der Waals surface area contributed by atoms with Crippen molar-refractivity contribution < 1.29 is 9.59 Å². The average Bonchev–Trinajstić information content (AvgIpc) is 2.31. The zero-order valence-corrected chi connectivity index (χ0v) is 7.39. The standard InChI is InChI=1S/C9H11NO2/c1-5-4-8(6(2)11)9(10-5)7(3)12/h4,10H,1-3H3. The van der Waals surface area contributed by atoms with Gasteiger partial charge in [0.05, 0.1) is 5.69 Å². The van der Waals surface area contributed by atoms with Gasteiger partial charge in [-0.1, -0.05) is 0 Å². The van der Waals surface area contributed by atoms with Crippen LogP contribution in [0, 0.1) is 6.92 Å². The molecule has 0 spiro atoms. The number of carbonyl (C=O) groups is 2. The maximum Gasteiger partial charge on any atom is 0.176 e. The van der Waals surface area contributed by atoms with Gasteiger partial charge in [-0.2, -0.15) is 0 Å². The number of aromatic nitrogens is 1. The van der Waals surface area contributed by atoms with Gasteiger partial charge < -0.3 is 4.98 Å². The second-order valence-corrected chi connectivity index (χ2v) is 2.85. The number of carbonyl (C=O) groups excluding carboxylic acids is 2. The molecule has 0 aliphatic heterocycles. The Hall–Kier alpha value is -1.38. The summed E-state index contributed by atoms with van der Waals surface area (Å²) in [5.74, 6) is -0.183. The van der Waals surface area contributed by atoms with Crippen molar-refractivity contribution in [2.75, 3.05) is 0 Å². The molecular formula is C9H11NO2. The topological polar surface area (TPSA) is 49.9 Å². The first kappa shape index (κ1) is 8.71. The molecule has 0 atom stereocenters. The molecule has 3 heteroatoms. The number of aryl methyl sites for hydroxylation is 1. The van der Waals surface area contributed by atoms with E-state index in [9.17, 15) is 9.59 Å². The molecule has 12 heavy (non-hydrogen) atoms. The first-order valence-electron chi connectivity index (χ1n) is 3.74. The number of nitrogens with one attached hydrogen (secondary N) is 1. The van der Waals surface area contributed by atoms with Gasteiger partial charge in [0.15, 0.2) is 11.6 Å². The Kier molecular flexibility index (Phi) is 2.13. The molecule has 0 saturated carbocycles. The minimum absolute atomic E-state index is 0.0791. The Balaban J connectivity index is 3.26. The van der Waals surface area contributed by atoms with E-state index < -0.39 is 0 Å². The Bertz CT molecular complexity index is 305. The number of H-pyrrole nitrogens is 1. The predicted octanol–water partition coefficient (Wildman–Crippen LogP) is 1.73. The maximum atomic E-state index is 11.0. The molecular weight excluding hydrogens is 154 g/mol. The van der Waals surface area contributed by atoms with Crippen molar-refractivity contribution in [2.24, 2.45) is 0 Å². The molecule has 0 saturated heterocycles. The molecule has 0 fully saturated rings. The van der Waals surface area contributed by atoms with Crippen molar-refractivity contribution in [3.05, 3.63) is 23.0 Å². The van der Waals surface area contributed by atoms with Crippen molar-refractivity contribution >= 4 is 11.6 Å². The molecule has 0 aliphatic rings. The molecule has 0 radical (unpaired) electrons. The SMILES string of the molecule is CC(=O)c1cc(C)[nH]c1C(C)=O. The summed E-state index contributed by atoms with van der Waals surface area (Å²) in [4.78, 5) is 24.9. The van der Waals surface area contributed by atoms with Crippen LogP contribution in [0.1, 0.15) is 40.4 Å². The van der Waals surface area contributed by atoms with Gasteiger partial charge in [-0.05, 0) is 19.9 Å². The van der Waals surface area contributed by atoms with Gasteiger partial charge in [0.2, 0.25) is 0 Å². The van der Waals surface area contributed by atoms with Crippen molar-refractivity contribution in [2.45, 2.75) is 20.8 Å². The Morgan fingerprint density at radius 3 is 2.17 bits per heavy atom. The average molecular weight is 165 g/mol. The molecule has 1 aromatic rings. The van der Waals surface area contributed by atoms with E-state index in [1.165, 1.54) is 13.8 Å². The summed E-state index contributed by atoms with van der Waals surface area (Å²) in [7, 11) is 0. The minimum Gasteiger partial charge on any atom is -0.356 e. The van der Waals surface area contributed by atoms with Crippen molar-refractivity contribution in [3.63, 3.8) is 0 Å². The minimum atomic E-state index is -0.103. The van der Waals surface area contributed by atoms with Gasteiger partial charge in [0, 0.05) is 18.2 Å². The first-order valence-corrected chi connectivity index (χ1v) is 3.74. The monoisotopic (exact) mass is 165 g/mol. The largest absolute Gasteiger partial charge is 0.356 e. The van der Waals surface area contributed by atoms with Crippen molar-refractivity contribution in [1.29, 1.82) is 0 Å². The third kappa shape index (κ3) is 1.44. The summed E-state index contributed by atoms with van der Waals surface area (Å²) in [6.07, 6.45) is 0. The van der Waals surface area contributed by atoms with E-state index in [0.29, 0.717) is 11.3 Å². The third-order valence-corrected chi connectivity index (χ3v) is 1.68. The summed E-state index contributed by atoms with van der Waals surface area (Å²) < 4.78 is 0.